The molecule has 0 aliphatic rings. The lowest BCUT2D eigenvalue weighted by molar-refractivity contribution is 0.659. The van der Waals surface area contributed by atoms with Crippen LogP contribution in [-0.2, 0) is 20.1 Å². The Morgan fingerprint density at radius 3 is 2.69 bits per heavy atom. The lowest BCUT2D eigenvalue weighted by Crippen LogP contribution is -2.05. The van der Waals surface area contributed by atoms with Gasteiger partial charge in [-0.3, -0.25) is 9.36 Å². The average Bonchev–Trinajstić information content (AvgIpc) is 2.85. The summed E-state index contributed by atoms with van der Waals surface area (Å²) in [5.41, 5.74) is 2.34. The Bertz CT molecular complexity index is 449. The van der Waals surface area contributed by atoms with Gasteiger partial charge in [0, 0.05) is 37.5 Å². The molecule has 0 aliphatic heterocycles. The van der Waals surface area contributed by atoms with Crippen LogP contribution in [0.25, 0.3) is 0 Å². The normalized spacial score (nSPS) is 10.7. The van der Waals surface area contributed by atoms with Gasteiger partial charge in [0.2, 0.25) is 0 Å². The summed E-state index contributed by atoms with van der Waals surface area (Å²) < 4.78 is 3.77. The van der Waals surface area contributed by atoms with Gasteiger partial charge in [0.25, 0.3) is 0 Å². The van der Waals surface area contributed by atoms with Crippen LogP contribution in [0.3, 0.4) is 0 Å². The van der Waals surface area contributed by atoms with E-state index in [1.807, 2.05) is 35.7 Å². The lowest BCUT2D eigenvalue weighted by atomic mass is 10.3. The zero-order valence-electron chi connectivity index (χ0n) is 9.94. The van der Waals surface area contributed by atoms with E-state index in [0.717, 1.165) is 24.5 Å². The van der Waals surface area contributed by atoms with Crippen LogP contribution in [0.4, 0.5) is 5.82 Å². The number of nitrogens with zero attached hydrogens (tertiary/aromatic N) is 4. The Kier molecular flexibility index (Phi) is 2.94. The zero-order chi connectivity index (χ0) is 11.5. The average molecular weight is 219 g/mol. The van der Waals surface area contributed by atoms with Crippen LogP contribution >= 0.6 is 0 Å². The third-order valence-electron chi connectivity index (χ3n) is 2.59. The van der Waals surface area contributed by atoms with E-state index in [0.29, 0.717) is 0 Å². The third kappa shape index (κ3) is 2.08. The summed E-state index contributed by atoms with van der Waals surface area (Å²) in [6, 6.07) is 0. The summed E-state index contributed by atoms with van der Waals surface area (Å²) in [6.45, 7) is 5.81. The van der Waals surface area contributed by atoms with Crippen molar-refractivity contribution in [2.75, 3.05) is 5.32 Å². The van der Waals surface area contributed by atoms with Gasteiger partial charge in [-0.1, -0.05) is 0 Å². The predicted octanol–water partition coefficient (Wildman–Crippen LogP) is 1.56. The summed E-state index contributed by atoms with van der Waals surface area (Å²) in [5, 5.41) is 11.8. The second-order valence-corrected chi connectivity index (χ2v) is 3.86. The van der Waals surface area contributed by atoms with Crippen LogP contribution in [0.15, 0.2) is 18.6 Å². The van der Waals surface area contributed by atoms with E-state index in [4.69, 9.17) is 0 Å². The van der Waals surface area contributed by atoms with Crippen LogP contribution in [0.2, 0.25) is 0 Å². The Hall–Kier alpha value is -1.78. The summed E-state index contributed by atoms with van der Waals surface area (Å²) >= 11 is 0. The number of nitrogens with one attached hydrogen (secondary N) is 1. The topological polar surface area (TPSA) is 47.7 Å². The first-order valence-corrected chi connectivity index (χ1v) is 5.44. The van der Waals surface area contributed by atoms with Gasteiger partial charge in [0.05, 0.1) is 12.4 Å². The first-order chi connectivity index (χ1) is 7.70. The highest BCUT2D eigenvalue weighted by molar-refractivity contribution is 5.43. The summed E-state index contributed by atoms with van der Waals surface area (Å²) in [5.74, 6) is 1.06. The number of rotatable bonds is 4. The van der Waals surface area contributed by atoms with Gasteiger partial charge in [-0.2, -0.15) is 10.2 Å². The SMILES string of the molecule is CCn1cc(CNc2c(C)cnn2C)cn1. The molecular weight excluding hydrogens is 202 g/mol. The van der Waals surface area contributed by atoms with Gasteiger partial charge < -0.3 is 5.32 Å². The fourth-order valence-electron chi connectivity index (χ4n) is 1.66. The molecule has 0 fully saturated rings. The molecule has 0 aliphatic carbocycles. The second-order valence-electron chi connectivity index (χ2n) is 3.86. The van der Waals surface area contributed by atoms with Crippen molar-refractivity contribution in [1.82, 2.24) is 19.6 Å². The van der Waals surface area contributed by atoms with E-state index < -0.39 is 0 Å². The van der Waals surface area contributed by atoms with Crippen LogP contribution in [0, 0.1) is 6.92 Å². The Balaban J connectivity index is 2.02. The predicted molar refractivity (Wildman–Crippen MR) is 63.2 cm³/mol. The number of aromatic nitrogens is 4. The Labute approximate surface area is 95.1 Å². The minimum Gasteiger partial charge on any atom is -0.366 e. The number of aryl methyl sites for hydroxylation is 3. The van der Waals surface area contributed by atoms with Crippen molar-refractivity contribution < 1.29 is 0 Å². The molecule has 1 N–H and O–H groups in total. The molecule has 2 aromatic heterocycles. The molecule has 5 nitrogen and oxygen atoms in total. The maximum absolute atomic E-state index is 4.23. The highest BCUT2D eigenvalue weighted by Gasteiger charge is 2.04. The Morgan fingerprint density at radius 2 is 2.12 bits per heavy atom. The maximum Gasteiger partial charge on any atom is 0.127 e. The van der Waals surface area contributed by atoms with Crippen LogP contribution < -0.4 is 5.32 Å². The maximum atomic E-state index is 4.23. The molecule has 0 bridgehead atoms. The molecule has 2 aromatic rings. The minimum atomic E-state index is 0.778. The van der Waals surface area contributed by atoms with Gasteiger partial charge in [0.1, 0.15) is 5.82 Å². The molecule has 0 saturated carbocycles. The molecule has 0 unspecified atom stereocenters. The molecule has 2 rings (SSSR count). The van der Waals surface area contributed by atoms with E-state index in [2.05, 4.69) is 28.6 Å². The second kappa shape index (κ2) is 4.38. The van der Waals surface area contributed by atoms with Crippen LogP contribution in [0.5, 0.6) is 0 Å². The monoisotopic (exact) mass is 219 g/mol. The Morgan fingerprint density at radius 1 is 1.31 bits per heavy atom. The standard InChI is InChI=1S/C11H17N5/c1-4-16-8-10(7-14-16)6-12-11-9(2)5-13-15(11)3/h5,7-8,12H,4,6H2,1-3H3. The summed E-state index contributed by atoms with van der Waals surface area (Å²) in [6.07, 6.45) is 5.80. The molecule has 0 aromatic carbocycles. The molecular formula is C11H17N5. The molecule has 0 radical (unpaired) electrons. The molecule has 0 spiro atoms. The van der Waals surface area contributed by atoms with Crippen molar-refractivity contribution in [3.05, 3.63) is 29.7 Å². The van der Waals surface area contributed by atoms with E-state index in [1.165, 1.54) is 5.56 Å². The fourth-order valence-corrected chi connectivity index (χ4v) is 1.66. The highest BCUT2D eigenvalue weighted by atomic mass is 15.3. The molecule has 5 heteroatoms. The zero-order valence-corrected chi connectivity index (χ0v) is 9.94. The summed E-state index contributed by atoms with van der Waals surface area (Å²) in [7, 11) is 1.94. The molecule has 0 amide bonds. The summed E-state index contributed by atoms with van der Waals surface area (Å²) in [4.78, 5) is 0. The molecule has 2 heterocycles. The van der Waals surface area contributed by atoms with Gasteiger partial charge in [-0.25, -0.2) is 0 Å². The first kappa shape index (κ1) is 10.7. The van der Waals surface area contributed by atoms with Gasteiger partial charge in [-0.05, 0) is 13.8 Å². The van der Waals surface area contributed by atoms with Crippen molar-refractivity contribution in [3.63, 3.8) is 0 Å². The quantitative estimate of drug-likeness (QED) is 0.848. The van der Waals surface area contributed by atoms with Crippen molar-refractivity contribution in [2.24, 2.45) is 7.05 Å². The van der Waals surface area contributed by atoms with Gasteiger partial charge >= 0.3 is 0 Å². The van der Waals surface area contributed by atoms with Gasteiger partial charge in [0.15, 0.2) is 0 Å². The van der Waals surface area contributed by atoms with E-state index in [1.54, 1.807) is 0 Å². The minimum absolute atomic E-state index is 0.778. The molecule has 0 atom stereocenters. The number of hydrogen-bond donors (Lipinski definition) is 1. The van der Waals surface area contributed by atoms with Crippen molar-refractivity contribution in [1.29, 1.82) is 0 Å². The van der Waals surface area contributed by atoms with Gasteiger partial charge in [-0.15, -0.1) is 0 Å². The molecule has 0 saturated heterocycles. The number of anilines is 1. The van der Waals surface area contributed by atoms with E-state index in [-0.39, 0.29) is 0 Å². The highest BCUT2D eigenvalue weighted by Crippen LogP contribution is 2.13. The van der Waals surface area contributed by atoms with E-state index in [9.17, 15) is 0 Å². The van der Waals surface area contributed by atoms with E-state index >= 15 is 0 Å². The van der Waals surface area contributed by atoms with Crippen molar-refractivity contribution >= 4 is 5.82 Å². The smallest absolute Gasteiger partial charge is 0.127 e. The third-order valence-corrected chi connectivity index (χ3v) is 2.59. The fraction of sp³-hybridized carbons (Fsp3) is 0.455. The first-order valence-electron chi connectivity index (χ1n) is 5.44. The lowest BCUT2D eigenvalue weighted by Gasteiger charge is -2.06. The van der Waals surface area contributed by atoms with Crippen LogP contribution in [0.1, 0.15) is 18.1 Å². The molecule has 16 heavy (non-hydrogen) atoms. The molecule has 86 valence electrons. The van der Waals surface area contributed by atoms with Crippen molar-refractivity contribution in [2.45, 2.75) is 26.9 Å². The van der Waals surface area contributed by atoms with Crippen LogP contribution in [-0.4, -0.2) is 19.6 Å². The van der Waals surface area contributed by atoms with Crippen molar-refractivity contribution in [3.8, 4) is 0 Å². The largest absolute Gasteiger partial charge is 0.366 e. The number of hydrogen-bond acceptors (Lipinski definition) is 3.